The lowest BCUT2D eigenvalue weighted by atomic mass is 10.2. The van der Waals surface area contributed by atoms with E-state index >= 15 is 0 Å². The summed E-state index contributed by atoms with van der Waals surface area (Å²) < 4.78 is 67.0. The van der Waals surface area contributed by atoms with Crippen LogP contribution in [0.15, 0.2) is 42.5 Å². The van der Waals surface area contributed by atoms with Crippen molar-refractivity contribution in [2.45, 2.75) is 12.1 Å². The van der Waals surface area contributed by atoms with Crippen LogP contribution in [0.3, 0.4) is 0 Å². The molecule has 1 heterocycles. The van der Waals surface area contributed by atoms with Crippen LogP contribution in [0.2, 0.25) is 0 Å². The van der Waals surface area contributed by atoms with E-state index < -0.39 is 21.5 Å². The van der Waals surface area contributed by atoms with Crippen molar-refractivity contribution < 1.29 is 30.5 Å². The first-order valence-corrected chi connectivity index (χ1v) is 7.20. The summed E-state index contributed by atoms with van der Waals surface area (Å²) in [6.07, 6.45) is 0. The van der Waals surface area contributed by atoms with Crippen LogP contribution in [-0.2, 0) is 16.7 Å². The highest BCUT2D eigenvalue weighted by molar-refractivity contribution is 7.87. The molecule has 0 amide bonds. The maximum absolute atomic E-state index is 12.1. The third kappa shape index (κ3) is 4.07. The van der Waals surface area contributed by atoms with Crippen LogP contribution in [0.1, 0.15) is 5.56 Å². The smallest absolute Gasteiger partial charge is 0.472 e. The standard InChI is InChI=1S/C12H9F3N2O4S/c13-12(14,15)22(18,19)21-11-7-6-10(16-17-11)20-8-9-4-2-1-3-5-9/h1-7H,8H2. The molecule has 0 aliphatic rings. The Balaban J connectivity index is 1.99. The first kappa shape index (κ1) is 16.0. The lowest BCUT2D eigenvalue weighted by molar-refractivity contribution is -0.0501. The number of hydrogen-bond donors (Lipinski definition) is 0. The predicted molar refractivity (Wildman–Crippen MR) is 68.4 cm³/mol. The van der Waals surface area contributed by atoms with Crippen molar-refractivity contribution >= 4 is 10.1 Å². The molecule has 0 unspecified atom stereocenters. The third-order valence-corrected chi connectivity index (χ3v) is 3.28. The molecular weight excluding hydrogens is 325 g/mol. The SMILES string of the molecule is O=S(=O)(Oc1ccc(OCc2ccccc2)nn1)C(F)(F)F. The van der Waals surface area contributed by atoms with Crippen LogP contribution in [0.25, 0.3) is 0 Å². The molecule has 118 valence electrons. The van der Waals surface area contributed by atoms with E-state index in [9.17, 15) is 21.6 Å². The fourth-order valence-corrected chi connectivity index (χ4v) is 1.73. The first-order chi connectivity index (χ1) is 10.3. The van der Waals surface area contributed by atoms with Crippen molar-refractivity contribution in [1.82, 2.24) is 10.2 Å². The van der Waals surface area contributed by atoms with Crippen LogP contribution in [-0.4, -0.2) is 24.1 Å². The molecule has 1 aromatic carbocycles. The van der Waals surface area contributed by atoms with Crippen LogP contribution >= 0.6 is 0 Å². The lowest BCUT2D eigenvalue weighted by Gasteiger charge is -2.08. The van der Waals surface area contributed by atoms with E-state index in [4.69, 9.17) is 4.74 Å². The molecule has 0 spiro atoms. The molecule has 6 nitrogen and oxygen atoms in total. The lowest BCUT2D eigenvalue weighted by Crippen LogP contribution is -2.28. The summed E-state index contributed by atoms with van der Waals surface area (Å²) in [5, 5.41) is 6.64. The molecule has 0 radical (unpaired) electrons. The summed E-state index contributed by atoms with van der Waals surface area (Å²) in [6, 6.07) is 11.1. The van der Waals surface area contributed by atoms with Gasteiger partial charge in [-0.2, -0.15) is 21.6 Å². The van der Waals surface area contributed by atoms with Gasteiger partial charge in [0.2, 0.25) is 5.88 Å². The second-order valence-electron chi connectivity index (χ2n) is 3.97. The number of hydrogen-bond acceptors (Lipinski definition) is 6. The second kappa shape index (κ2) is 6.18. The maximum atomic E-state index is 12.1. The third-order valence-electron chi connectivity index (χ3n) is 2.32. The number of aromatic nitrogens is 2. The molecular formula is C12H9F3N2O4S. The zero-order valence-corrected chi connectivity index (χ0v) is 11.6. The zero-order chi connectivity index (χ0) is 16.2. The number of ether oxygens (including phenoxy) is 1. The van der Waals surface area contributed by atoms with Crippen molar-refractivity contribution in [3.63, 3.8) is 0 Å². The number of halogens is 3. The molecule has 0 aliphatic carbocycles. The van der Waals surface area contributed by atoms with E-state index in [-0.39, 0.29) is 12.5 Å². The Bertz CT molecular complexity index is 718. The van der Waals surface area contributed by atoms with E-state index in [0.29, 0.717) is 0 Å². The zero-order valence-electron chi connectivity index (χ0n) is 10.8. The van der Waals surface area contributed by atoms with Gasteiger partial charge in [0.05, 0.1) is 0 Å². The molecule has 0 bridgehead atoms. The normalized spacial score (nSPS) is 12.0. The highest BCUT2D eigenvalue weighted by Crippen LogP contribution is 2.26. The van der Waals surface area contributed by atoms with E-state index in [2.05, 4.69) is 14.4 Å². The molecule has 0 atom stereocenters. The maximum Gasteiger partial charge on any atom is 0.534 e. The number of nitrogens with zero attached hydrogens (tertiary/aromatic N) is 2. The summed E-state index contributed by atoms with van der Waals surface area (Å²) >= 11 is 0. The van der Waals surface area contributed by atoms with Crippen molar-refractivity contribution in [3.8, 4) is 11.8 Å². The summed E-state index contributed by atoms with van der Waals surface area (Å²) in [6.45, 7) is 0.177. The van der Waals surface area contributed by atoms with Gasteiger partial charge in [-0.1, -0.05) is 30.3 Å². The van der Waals surface area contributed by atoms with Crippen molar-refractivity contribution in [2.24, 2.45) is 0 Å². The molecule has 10 heteroatoms. The summed E-state index contributed by atoms with van der Waals surface area (Å²) in [7, 11) is -5.76. The van der Waals surface area contributed by atoms with Crippen LogP contribution in [0, 0.1) is 0 Å². The minimum atomic E-state index is -5.76. The average molecular weight is 334 g/mol. The molecule has 2 aromatic rings. The Morgan fingerprint density at radius 1 is 0.955 bits per heavy atom. The van der Waals surface area contributed by atoms with Gasteiger partial charge in [-0.05, 0) is 5.56 Å². The van der Waals surface area contributed by atoms with E-state index in [0.717, 1.165) is 17.7 Å². The van der Waals surface area contributed by atoms with Crippen molar-refractivity contribution in [1.29, 1.82) is 0 Å². The van der Waals surface area contributed by atoms with Crippen LogP contribution < -0.4 is 8.92 Å². The highest BCUT2D eigenvalue weighted by atomic mass is 32.2. The van der Waals surface area contributed by atoms with Gasteiger partial charge in [0.15, 0.2) is 0 Å². The van der Waals surface area contributed by atoms with Crippen LogP contribution in [0.4, 0.5) is 13.2 Å². The van der Waals surface area contributed by atoms with Gasteiger partial charge >= 0.3 is 15.6 Å². The number of rotatable bonds is 5. The molecule has 2 rings (SSSR count). The van der Waals surface area contributed by atoms with E-state index in [1.165, 1.54) is 0 Å². The van der Waals surface area contributed by atoms with Gasteiger partial charge in [-0.3, -0.25) is 0 Å². The van der Waals surface area contributed by atoms with Gasteiger partial charge in [0.1, 0.15) is 6.61 Å². The van der Waals surface area contributed by atoms with Gasteiger partial charge in [0, 0.05) is 12.1 Å². The topological polar surface area (TPSA) is 78.4 Å². The average Bonchev–Trinajstić information content (AvgIpc) is 2.46. The minimum Gasteiger partial charge on any atom is -0.472 e. The molecule has 0 aliphatic heterocycles. The monoisotopic (exact) mass is 334 g/mol. The van der Waals surface area contributed by atoms with E-state index in [1.807, 2.05) is 18.2 Å². The van der Waals surface area contributed by atoms with Gasteiger partial charge in [-0.15, -0.1) is 10.2 Å². The fraction of sp³-hybridized carbons (Fsp3) is 0.167. The molecule has 0 fully saturated rings. The Labute approximate surface area is 123 Å². The fourth-order valence-electron chi connectivity index (χ4n) is 1.32. The van der Waals surface area contributed by atoms with Crippen molar-refractivity contribution in [3.05, 3.63) is 48.0 Å². The number of alkyl halides is 3. The predicted octanol–water partition coefficient (Wildman–Crippen LogP) is 2.28. The Kier molecular flexibility index (Phi) is 4.50. The van der Waals surface area contributed by atoms with Crippen molar-refractivity contribution in [2.75, 3.05) is 0 Å². The number of benzene rings is 1. The summed E-state index contributed by atoms with van der Waals surface area (Å²) in [5.74, 6) is -0.787. The molecule has 0 saturated carbocycles. The van der Waals surface area contributed by atoms with Gasteiger partial charge in [-0.25, -0.2) is 0 Å². The summed E-state index contributed by atoms with van der Waals surface area (Å²) in [4.78, 5) is 0. The van der Waals surface area contributed by atoms with Gasteiger partial charge in [0.25, 0.3) is 5.88 Å². The second-order valence-corrected chi connectivity index (χ2v) is 5.51. The Hall–Kier alpha value is -2.36. The molecule has 0 saturated heterocycles. The molecule has 0 N–H and O–H groups in total. The molecule has 1 aromatic heterocycles. The van der Waals surface area contributed by atoms with Gasteiger partial charge < -0.3 is 8.92 Å². The summed E-state index contributed by atoms with van der Waals surface area (Å²) in [5.41, 5.74) is -4.68. The Morgan fingerprint density at radius 2 is 1.55 bits per heavy atom. The first-order valence-electron chi connectivity index (χ1n) is 5.79. The Morgan fingerprint density at radius 3 is 2.09 bits per heavy atom. The largest absolute Gasteiger partial charge is 0.534 e. The quantitative estimate of drug-likeness (QED) is 0.617. The van der Waals surface area contributed by atoms with Crippen LogP contribution in [0.5, 0.6) is 11.8 Å². The highest BCUT2D eigenvalue weighted by Gasteiger charge is 2.48. The minimum absolute atomic E-state index is 0.0145. The van der Waals surface area contributed by atoms with E-state index in [1.54, 1.807) is 12.1 Å². The molecule has 22 heavy (non-hydrogen) atoms.